The Morgan fingerprint density at radius 2 is 2.07 bits per heavy atom. The summed E-state index contributed by atoms with van der Waals surface area (Å²) < 4.78 is 5.44. The van der Waals surface area contributed by atoms with Crippen molar-refractivity contribution in [1.82, 2.24) is 0 Å². The first-order chi connectivity index (χ1) is 13.4. The topological polar surface area (TPSA) is 102 Å². The van der Waals surface area contributed by atoms with E-state index in [1.807, 2.05) is 19.1 Å². The summed E-state index contributed by atoms with van der Waals surface area (Å²) in [6.45, 7) is 1.65. The van der Waals surface area contributed by atoms with E-state index in [9.17, 15) is 14.4 Å². The number of nitrogens with zero attached hydrogens (tertiary/aromatic N) is 1. The number of nitrogens with one attached hydrogen (secondary N) is 1. The predicted molar refractivity (Wildman–Crippen MR) is 107 cm³/mol. The highest BCUT2D eigenvalue weighted by atomic mass is 32.1. The predicted octanol–water partition coefficient (Wildman–Crippen LogP) is 2.40. The number of carbonyl (C=O) groups is 3. The average Bonchev–Trinajstić information content (AvgIpc) is 3.02. The molecule has 2 heterocycles. The largest absolute Gasteiger partial charge is 0.482 e. The van der Waals surface area contributed by atoms with Gasteiger partial charge in [0.15, 0.2) is 6.61 Å². The van der Waals surface area contributed by atoms with Crippen LogP contribution in [0, 0.1) is 6.92 Å². The maximum Gasteiger partial charge on any atom is 0.265 e. The lowest BCUT2D eigenvalue weighted by Crippen LogP contribution is -2.43. The Bertz CT molecular complexity index is 982. The van der Waals surface area contributed by atoms with Crippen molar-refractivity contribution in [2.24, 2.45) is 5.73 Å². The highest BCUT2D eigenvalue weighted by Gasteiger charge is 2.29. The highest BCUT2D eigenvalue weighted by Crippen LogP contribution is 2.38. The van der Waals surface area contributed by atoms with Crippen molar-refractivity contribution in [3.63, 3.8) is 0 Å². The van der Waals surface area contributed by atoms with Crippen molar-refractivity contribution in [2.75, 3.05) is 23.4 Å². The van der Waals surface area contributed by atoms with Gasteiger partial charge in [-0.1, -0.05) is 6.07 Å². The summed E-state index contributed by atoms with van der Waals surface area (Å²) in [4.78, 5) is 39.6. The maximum absolute atomic E-state index is 12.7. The van der Waals surface area contributed by atoms with Crippen molar-refractivity contribution in [3.8, 4) is 5.75 Å². The van der Waals surface area contributed by atoms with Gasteiger partial charge in [0.2, 0.25) is 5.91 Å². The lowest BCUT2D eigenvalue weighted by molar-refractivity contribution is -0.123. The molecule has 1 aliphatic heterocycles. The number of thiophene rings is 1. The zero-order valence-corrected chi connectivity index (χ0v) is 16.4. The third-order valence-corrected chi connectivity index (χ3v) is 6.24. The van der Waals surface area contributed by atoms with Crippen molar-refractivity contribution in [2.45, 2.75) is 32.6 Å². The van der Waals surface area contributed by atoms with Crippen LogP contribution in [0.1, 0.15) is 39.2 Å². The molecule has 1 aromatic heterocycles. The molecule has 3 N–H and O–H groups in total. The molecular weight excluding hydrogens is 378 g/mol. The molecule has 0 atom stereocenters. The van der Waals surface area contributed by atoms with Crippen LogP contribution in [0.15, 0.2) is 18.2 Å². The van der Waals surface area contributed by atoms with Crippen LogP contribution in [0.5, 0.6) is 5.75 Å². The number of hydrogen-bond acceptors (Lipinski definition) is 5. The van der Waals surface area contributed by atoms with Gasteiger partial charge in [0.25, 0.3) is 11.8 Å². The number of hydrogen-bond donors (Lipinski definition) is 2. The lowest BCUT2D eigenvalue weighted by Gasteiger charge is -2.29. The van der Waals surface area contributed by atoms with E-state index in [-0.39, 0.29) is 25.0 Å². The van der Waals surface area contributed by atoms with Crippen LogP contribution in [0.2, 0.25) is 0 Å². The molecule has 1 aliphatic carbocycles. The molecule has 1 aromatic carbocycles. The summed E-state index contributed by atoms with van der Waals surface area (Å²) in [6.07, 6.45) is 3.77. The van der Waals surface area contributed by atoms with E-state index in [1.165, 1.54) is 16.2 Å². The smallest absolute Gasteiger partial charge is 0.265 e. The molecule has 0 fully saturated rings. The van der Waals surface area contributed by atoms with Gasteiger partial charge < -0.3 is 15.8 Å². The molecule has 7 nitrogen and oxygen atoms in total. The Morgan fingerprint density at radius 3 is 2.86 bits per heavy atom. The highest BCUT2D eigenvalue weighted by molar-refractivity contribution is 7.17. The molecule has 146 valence electrons. The van der Waals surface area contributed by atoms with Gasteiger partial charge >= 0.3 is 0 Å². The van der Waals surface area contributed by atoms with Gasteiger partial charge in [0.1, 0.15) is 17.3 Å². The molecule has 0 spiro atoms. The summed E-state index contributed by atoms with van der Waals surface area (Å²) in [5.74, 6) is -0.613. The van der Waals surface area contributed by atoms with E-state index in [0.29, 0.717) is 22.0 Å². The number of amides is 3. The number of ether oxygens (including phenoxy) is 1. The molecule has 2 aliphatic rings. The van der Waals surface area contributed by atoms with Gasteiger partial charge in [-0.2, -0.15) is 0 Å². The monoisotopic (exact) mass is 399 g/mol. The van der Waals surface area contributed by atoms with Crippen LogP contribution in [0.3, 0.4) is 0 Å². The summed E-state index contributed by atoms with van der Waals surface area (Å²) in [5, 5.41) is 3.29. The number of primary amides is 1. The van der Waals surface area contributed by atoms with Crippen LogP contribution in [-0.2, 0) is 22.4 Å². The summed E-state index contributed by atoms with van der Waals surface area (Å²) in [7, 11) is 0. The Morgan fingerprint density at radius 1 is 1.29 bits per heavy atom. The van der Waals surface area contributed by atoms with Gasteiger partial charge in [-0.15, -0.1) is 11.3 Å². The first-order valence-corrected chi connectivity index (χ1v) is 10.0. The van der Waals surface area contributed by atoms with Gasteiger partial charge in [-0.05, 0) is 55.9 Å². The Labute approximate surface area is 166 Å². The summed E-state index contributed by atoms with van der Waals surface area (Å²) in [5.41, 5.74) is 8.49. The Kier molecular flexibility index (Phi) is 4.80. The quantitative estimate of drug-likeness (QED) is 0.824. The molecule has 3 amide bonds. The van der Waals surface area contributed by atoms with Gasteiger partial charge in [0.05, 0.1) is 11.3 Å². The van der Waals surface area contributed by atoms with Crippen molar-refractivity contribution >= 4 is 39.7 Å². The molecule has 2 aromatic rings. The normalized spacial score (nSPS) is 15.5. The van der Waals surface area contributed by atoms with E-state index < -0.39 is 5.91 Å². The zero-order valence-electron chi connectivity index (χ0n) is 15.5. The Hall–Kier alpha value is -2.87. The van der Waals surface area contributed by atoms with Crippen LogP contribution < -0.4 is 20.7 Å². The van der Waals surface area contributed by atoms with E-state index >= 15 is 0 Å². The van der Waals surface area contributed by atoms with Gasteiger partial charge in [-0.25, -0.2) is 0 Å². The molecule has 0 saturated carbocycles. The lowest BCUT2D eigenvalue weighted by atomic mass is 9.95. The minimum atomic E-state index is -0.530. The minimum Gasteiger partial charge on any atom is -0.482 e. The van der Waals surface area contributed by atoms with E-state index in [4.69, 9.17) is 10.5 Å². The molecule has 0 bridgehead atoms. The number of anilines is 2. The maximum atomic E-state index is 12.7. The summed E-state index contributed by atoms with van der Waals surface area (Å²) >= 11 is 1.41. The SMILES string of the molecule is Cc1ccc2c(c1)N(CC(=O)Nc1sc3c(c1C(N)=O)CCCC3)C(=O)CO2. The number of nitrogens with two attached hydrogens (primary N) is 1. The van der Waals surface area contributed by atoms with Crippen molar-refractivity contribution < 1.29 is 19.1 Å². The second-order valence-corrected chi connectivity index (χ2v) is 8.17. The number of benzene rings is 1. The summed E-state index contributed by atoms with van der Waals surface area (Å²) in [6, 6.07) is 5.50. The number of fused-ring (bicyclic) bond motifs is 2. The van der Waals surface area contributed by atoms with Crippen LogP contribution in [0.4, 0.5) is 10.7 Å². The first-order valence-electron chi connectivity index (χ1n) is 9.22. The average molecular weight is 399 g/mol. The van der Waals surface area contributed by atoms with Crippen molar-refractivity contribution in [1.29, 1.82) is 0 Å². The fraction of sp³-hybridized carbons (Fsp3) is 0.350. The zero-order chi connectivity index (χ0) is 19.8. The van der Waals surface area contributed by atoms with Gasteiger partial charge in [-0.3, -0.25) is 19.3 Å². The van der Waals surface area contributed by atoms with Gasteiger partial charge in [0, 0.05) is 4.88 Å². The Balaban J connectivity index is 1.58. The van der Waals surface area contributed by atoms with Crippen LogP contribution in [0.25, 0.3) is 0 Å². The molecule has 8 heteroatoms. The van der Waals surface area contributed by atoms with E-state index in [1.54, 1.807) is 6.07 Å². The fourth-order valence-corrected chi connectivity index (χ4v) is 5.02. The number of aryl methyl sites for hydroxylation is 2. The molecular formula is C20H21N3O4S. The second-order valence-electron chi connectivity index (χ2n) is 7.07. The minimum absolute atomic E-state index is 0.108. The third kappa shape index (κ3) is 3.35. The molecule has 0 unspecified atom stereocenters. The van der Waals surface area contributed by atoms with Crippen LogP contribution in [-0.4, -0.2) is 30.9 Å². The molecule has 0 saturated heterocycles. The van der Waals surface area contributed by atoms with Crippen molar-refractivity contribution in [3.05, 3.63) is 39.8 Å². The van der Waals surface area contributed by atoms with E-state index in [2.05, 4.69) is 5.32 Å². The first kappa shape index (κ1) is 18.5. The molecule has 0 radical (unpaired) electrons. The molecule has 4 rings (SSSR count). The number of carbonyl (C=O) groups excluding carboxylic acids is 3. The standard InChI is InChI=1S/C20H21N3O4S/c1-11-6-7-14-13(8-11)23(17(25)10-27-14)9-16(24)22-20-18(19(21)26)12-4-2-3-5-15(12)28-20/h6-8H,2-5,9-10H2,1H3,(H2,21,26)(H,22,24). The second kappa shape index (κ2) is 7.27. The molecule has 28 heavy (non-hydrogen) atoms. The van der Waals surface area contributed by atoms with E-state index in [0.717, 1.165) is 41.7 Å². The fourth-order valence-electron chi connectivity index (χ4n) is 3.71. The third-order valence-electron chi connectivity index (χ3n) is 5.03. The van der Waals surface area contributed by atoms with Crippen LogP contribution >= 0.6 is 11.3 Å². The number of rotatable bonds is 4.